The van der Waals surface area contributed by atoms with Gasteiger partial charge in [0.15, 0.2) is 11.2 Å². The van der Waals surface area contributed by atoms with Crippen molar-refractivity contribution < 1.29 is 14.3 Å². The number of carbonyl (C=O) groups is 1. The molecule has 2 atom stereocenters. The zero-order chi connectivity index (χ0) is 22.2. The molecule has 1 aliphatic heterocycles. The molecule has 0 saturated carbocycles. The molecule has 1 saturated heterocycles. The van der Waals surface area contributed by atoms with Crippen LogP contribution in [-0.2, 0) is 18.3 Å². The molecule has 3 aromatic rings. The molecule has 8 heteroatoms. The molecule has 0 aliphatic carbocycles. The second-order valence-corrected chi connectivity index (χ2v) is 8.19. The minimum atomic E-state index is -1.44. The molecule has 0 bridgehead atoms. The summed E-state index contributed by atoms with van der Waals surface area (Å²) in [5.41, 5.74) is 2.60. The first-order chi connectivity index (χ1) is 14.8. The van der Waals surface area contributed by atoms with Crippen LogP contribution in [0, 0.1) is 11.3 Å². The molecule has 0 spiro atoms. The molecule has 31 heavy (non-hydrogen) atoms. The normalized spacial score (nSPS) is 19.9. The molecule has 0 unspecified atom stereocenters. The highest BCUT2D eigenvalue weighted by Crippen LogP contribution is 2.25. The topological polar surface area (TPSA) is 112 Å². The molecule has 4 rings (SSSR count). The third kappa shape index (κ3) is 4.10. The van der Waals surface area contributed by atoms with Gasteiger partial charge in [0.2, 0.25) is 0 Å². The highest BCUT2D eigenvalue weighted by molar-refractivity contribution is 5.86. The van der Waals surface area contributed by atoms with Crippen LogP contribution in [0.15, 0.2) is 51.7 Å². The number of amides is 1. The van der Waals surface area contributed by atoms with E-state index in [9.17, 15) is 20.0 Å². The molecule has 0 radical (unpaired) electrons. The van der Waals surface area contributed by atoms with E-state index in [1.165, 1.54) is 4.57 Å². The van der Waals surface area contributed by atoms with E-state index in [1.807, 2.05) is 48.3 Å². The summed E-state index contributed by atoms with van der Waals surface area (Å²) < 4.78 is 6.63. The van der Waals surface area contributed by atoms with Gasteiger partial charge in [0.25, 0.3) is 5.91 Å². The van der Waals surface area contributed by atoms with Gasteiger partial charge in [-0.05, 0) is 42.3 Å². The van der Waals surface area contributed by atoms with Crippen LogP contribution in [0.25, 0.3) is 22.2 Å². The van der Waals surface area contributed by atoms with Gasteiger partial charge in [0.05, 0.1) is 11.6 Å². The third-order valence-electron chi connectivity index (χ3n) is 5.84. The third-order valence-corrected chi connectivity index (χ3v) is 5.84. The van der Waals surface area contributed by atoms with Crippen LogP contribution in [0.4, 0.5) is 0 Å². The lowest BCUT2D eigenvalue weighted by molar-refractivity contribution is -0.138. The quantitative estimate of drug-likeness (QED) is 0.646. The first kappa shape index (κ1) is 20.8. The summed E-state index contributed by atoms with van der Waals surface area (Å²) in [6.45, 7) is 0.902. The molecule has 2 heterocycles. The van der Waals surface area contributed by atoms with Crippen molar-refractivity contribution in [3.63, 3.8) is 0 Å². The number of aliphatic hydroxyl groups is 1. The zero-order valence-electron chi connectivity index (χ0n) is 17.5. The van der Waals surface area contributed by atoms with E-state index in [4.69, 9.17) is 4.42 Å². The highest BCUT2D eigenvalue weighted by atomic mass is 16.4. The number of aromatic nitrogens is 1. The number of likely N-dealkylation sites (tertiary alicyclic amines) is 1. The predicted molar refractivity (Wildman–Crippen MR) is 115 cm³/mol. The minimum absolute atomic E-state index is 0.262. The number of β-amino-alcohol motifs (C(OH)–C–C–N with tert-alkyl or cyclic N) is 1. The van der Waals surface area contributed by atoms with Crippen molar-refractivity contribution in [1.82, 2.24) is 14.8 Å². The maximum atomic E-state index is 12.5. The summed E-state index contributed by atoms with van der Waals surface area (Å²) in [5, 5.41) is 22.7. The molecule has 1 fully saturated rings. The van der Waals surface area contributed by atoms with Crippen LogP contribution in [0.3, 0.4) is 0 Å². The Balaban J connectivity index is 1.46. The Labute approximate surface area is 179 Å². The molecule has 1 amide bonds. The van der Waals surface area contributed by atoms with E-state index in [1.54, 1.807) is 13.1 Å². The van der Waals surface area contributed by atoms with E-state index in [0.717, 1.165) is 16.7 Å². The molecule has 1 aliphatic rings. The fourth-order valence-corrected chi connectivity index (χ4v) is 3.96. The first-order valence-electron chi connectivity index (χ1n) is 10.1. The summed E-state index contributed by atoms with van der Waals surface area (Å²) in [6.07, 6.45) is 0.693. The number of likely N-dealkylation sites (N-methyl/N-ethyl adjacent to an activating group) is 1. The Hall–Kier alpha value is -3.41. The van der Waals surface area contributed by atoms with Crippen LogP contribution in [0.2, 0.25) is 0 Å². The summed E-state index contributed by atoms with van der Waals surface area (Å²) in [6, 6.07) is 14.6. The maximum Gasteiger partial charge on any atom is 0.419 e. The molecular formula is C23H24N4O4. The molecule has 2 N–H and O–H groups in total. The van der Waals surface area contributed by atoms with Crippen LogP contribution in [0.1, 0.15) is 12.0 Å². The number of rotatable bonds is 5. The van der Waals surface area contributed by atoms with Crippen molar-refractivity contribution >= 4 is 17.0 Å². The average molecular weight is 420 g/mol. The lowest BCUT2D eigenvalue weighted by atomic mass is 9.99. The number of hydrogen-bond acceptors (Lipinski definition) is 6. The van der Waals surface area contributed by atoms with Crippen LogP contribution in [-0.4, -0.2) is 52.3 Å². The van der Waals surface area contributed by atoms with Gasteiger partial charge in [-0.15, -0.1) is 0 Å². The summed E-state index contributed by atoms with van der Waals surface area (Å²) in [7, 11) is 3.51. The van der Waals surface area contributed by atoms with E-state index in [2.05, 4.69) is 11.4 Å². The first-order valence-corrected chi connectivity index (χ1v) is 10.1. The molecular weight excluding hydrogens is 396 g/mol. The Morgan fingerprint density at radius 1 is 1.26 bits per heavy atom. The van der Waals surface area contributed by atoms with Gasteiger partial charge in [-0.2, -0.15) is 5.26 Å². The molecule has 8 nitrogen and oxygen atoms in total. The second-order valence-electron chi connectivity index (χ2n) is 8.19. The van der Waals surface area contributed by atoms with Crippen LogP contribution in [0.5, 0.6) is 0 Å². The van der Waals surface area contributed by atoms with Crippen molar-refractivity contribution in [2.24, 2.45) is 7.05 Å². The van der Waals surface area contributed by atoms with Crippen molar-refractivity contribution in [1.29, 1.82) is 5.26 Å². The van der Waals surface area contributed by atoms with Gasteiger partial charge >= 0.3 is 5.76 Å². The Kier molecular flexibility index (Phi) is 5.39. The van der Waals surface area contributed by atoms with Crippen molar-refractivity contribution in [2.45, 2.75) is 24.5 Å². The summed E-state index contributed by atoms with van der Waals surface area (Å²) in [5.74, 6) is -0.903. The molecule has 1 aromatic heterocycles. The summed E-state index contributed by atoms with van der Waals surface area (Å²) >= 11 is 0. The van der Waals surface area contributed by atoms with Crippen molar-refractivity contribution in [2.75, 3.05) is 20.1 Å². The SMILES string of the molecule is CN1CC[C@](O)(C(=O)N[C@H](C#N)Cc2ccc(-c3ccc4oc(=O)n(C)c4c3)cc2)C1. The number of nitrogens with one attached hydrogen (secondary N) is 1. The fourth-order valence-electron chi connectivity index (χ4n) is 3.96. The van der Waals surface area contributed by atoms with Crippen molar-refractivity contribution in [3.05, 3.63) is 58.6 Å². The number of hydrogen-bond donors (Lipinski definition) is 2. The van der Waals surface area contributed by atoms with Gasteiger partial charge < -0.3 is 19.7 Å². The standard InChI is InChI=1S/C23H24N4O4/c1-26-10-9-23(30,14-26)21(28)25-18(13-24)11-15-3-5-16(6-4-15)17-7-8-20-19(12-17)27(2)22(29)31-20/h3-8,12,18,30H,9-11,14H2,1-2H3,(H,25,28)/t18-,23+/m0/s1. The van der Waals surface area contributed by atoms with E-state index in [0.29, 0.717) is 30.5 Å². The number of aryl methyl sites for hydroxylation is 1. The van der Waals surface area contributed by atoms with Gasteiger partial charge in [-0.1, -0.05) is 30.3 Å². The van der Waals surface area contributed by atoms with Crippen LogP contribution >= 0.6 is 0 Å². The highest BCUT2D eigenvalue weighted by Gasteiger charge is 2.42. The van der Waals surface area contributed by atoms with Gasteiger partial charge in [-0.3, -0.25) is 9.36 Å². The van der Waals surface area contributed by atoms with E-state index < -0.39 is 23.3 Å². The molecule has 2 aromatic carbocycles. The Bertz CT molecular complexity index is 1220. The number of fused-ring (bicyclic) bond motifs is 1. The van der Waals surface area contributed by atoms with Gasteiger partial charge in [0, 0.05) is 26.6 Å². The zero-order valence-corrected chi connectivity index (χ0v) is 17.5. The maximum absolute atomic E-state index is 12.5. The predicted octanol–water partition coefficient (Wildman–Crippen LogP) is 1.42. The monoisotopic (exact) mass is 420 g/mol. The smallest absolute Gasteiger partial charge is 0.408 e. The molecule has 160 valence electrons. The largest absolute Gasteiger partial charge is 0.419 e. The second kappa shape index (κ2) is 8.02. The summed E-state index contributed by atoms with van der Waals surface area (Å²) in [4.78, 5) is 26.0. The lowest BCUT2D eigenvalue weighted by Crippen LogP contribution is -2.51. The van der Waals surface area contributed by atoms with Crippen molar-refractivity contribution in [3.8, 4) is 17.2 Å². The Morgan fingerprint density at radius 3 is 2.61 bits per heavy atom. The number of nitriles is 1. The minimum Gasteiger partial charge on any atom is -0.408 e. The van der Waals surface area contributed by atoms with E-state index >= 15 is 0 Å². The Morgan fingerprint density at radius 2 is 1.97 bits per heavy atom. The lowest BCUT2D eigenvalue weighted by Gasteiger charge is -2.23. The van der Waals surface area contributed by atoms with Gasteiger partial charge in [-0.25, -0.2) is 4.79 Å². The number of nitrogens with zero attached hydrogens (tertiary/aromatic N) is 3. The fraction of sp³-hybridized carbons (Fsp3) is 0.348. The van der Waals surface area contributed by atoms with Gasteiger partial charge in [0.1, 0.15) is 6.04 Å². The number of oxazole rings is 1. The van der Waals surface area contributed by atoms with Crippen LogP contribution < -0.4 is 11.1 Å². The number of benzene rings is 2. The van der Waals surface area contributed by atoms with E-state index in [-0.39, 0.29) is 6.54 Å². The number of carbonyl (C=O) groups excluding carboxylic acids is 1. The average Bonchev–Trinajstić information content (AvgIpc) is 3.26.